The van der Waals surface area contributed by atoms with Crippen LogP contribution in [0, 0.1) is 12.8 Å². The molecule has 2 N–H and O–H groups in total. The predicted octanol–water partition coefficient (Wildman–Crippen LogP) is 2.73. The van der Waals surface area contributed by atoms with Crippen molar-refractivity contribution in [3.8, 4) is 0 Å². The second-order valence-electron chi connectivity index (χ2n) is 5.06. The standard InChI is InChI=1S/C15H23N3.HI/c1-12-3-5-13(6-4-12)9-10-17-15(16-2)18-11-14-7-8-14;/h3-6,14H,7-11H2,1-2H3,(H2,16,17,18);1H. The fourth-order valence-electron chi connectivity index (χ4n) is 1.86. The average molecular weight is 373 g/mol. The Morgan fingerprint density at radius 3 is 2.47 bits per heavy atom. The van der Waals surface area contributed by atoms with Gasteiger partial charge in [0.15, 0.2) is 5.96 Å². The molecular formula is C15H24IN3. The minimum absolute atomic E-state index is 0. The lowest BCUT2D eigenvalue weighted by Crippen LogP contribution is -2.39. The molecule has 0 amide bonds. The molecule has 3 nitrogen and oxygen atoms in total. The van der Waals surface area contributed by atoms with Gasteiger partial charge in [0.2, 0.25) is 0 Å². The molecule has 0 radical (unpaired) electrons. The van der Waals surface area contributed by atoms with Crippen LogP contribution in [0.4, 0.5) is 0 Å². The summed E-state index contributed by atoms with van der Waals surface area (Å²) in [5, 5.41) is 6.72. The van der Waals surface area contributed by atoms with E-state index in [4.69, 9.17) is 0 Å². The number of hydrogen-bond donors (Lipinski definition) is 2. The lowest BCUT2D eigenvalue weighted by atomic mass is 10.1. The van der Waals surface area contributed by atoms with Gasteiger partial charge in [0.05, 0.1) is 0 Å². The fraction of sp³-hybridized carbons (Fsp3) is 0.533. The topological polar surface area (TPSA) is 36.4 Å². The summed E-state index contributed by atoms with van der Waals surface area (Å²) in [7, 11) is 1.83. The monoisotopic (exact) mass is 373 g/mol. The Kier molecular flexibility index (Phi) is 7.20. The summed E-state index contributed by atoms with van der Waals surface area (Å²) >= 11 is 0. The molecule has 0 heterocycles. The largest absolute Gasteiger partial charge is 0.356 e. The van der Waals surface area contributed by atoms with E-state index in [1.165, 1.54) is 24.0 Å². The Morgan fingerprint density at radius 1 is 1.21 bits per heavy atom. The first-order chi connectivity index (χ1) is 8.78. The van der Waals surface area contributed by atoms with Crippen LogP contribution in [0.15, 0.2) is 29.3 Å². The SMILES string of the molecule is CN=C(NCCc1ccc(C)cc1)NCC1CC1.I. The van der Waals surface area contributed by atoms with E-state index in [1.54, 1.807) is 0 Å². The summed E-state index contributed by atoms with van der Waals surface area (Å²) in [5.74, 6) is 1.80. The first-order valence-corrected chi connectivity index (χ1v) is 6.78. The van der Waals surface area contributed by atoms with Gasteiger partial charge in [-0.15, -0.1) is 24.0 Å². The van der Waals surface area contributed by atoms with Gasteiger partial charge < -0.3 is 10.6 Å². The minimum atomic E-state index is 0. The Labute approximate surface area is 133 Å². The molecule has 0 saturated heterocycles. The summed E-state index contributed by atoms with van der Waals surface area (Å²) in [5.41, 5.74) is 2.68. The number of hydrogen-bond acceptors (Lipinski definition) is 1. The fourth-order valence-corrected chi connectivity index (χ4v) is 1.86. The van der Waals surface area contributed by atoms with E-state index in [2.05, 4.69) is 46.8 Å². The molecule has 106 valence electrons. The van der Waals surface area contributed by atoms with Crippen molar-refractivity contribution in [2.24, 2.45) is 10.9 Å². The van der Waals surface area contributed by atoms with Crippen molar-refractivity contribution < 1.29 is 0 Å². The van der Waals surface area contributed by atoms with Crippen LogP contribution in [0.2, 0.25) is 0 Å². The highest BCUT2D eigenvalue weighted by Gasteiger charge is 2.20. The average Bonchev–Trinajstić information content (AvgIpc) is 3.20. The van der Waals surface area contributed by atoms with Crippen LogP contribution < -0.4 is 10.6 Å². The van der Waals surface area contributed by atoms with Crippen molar-refractivity contribution in [1.29, 1.82) is 0 Å². The molecule has 2 rings (SSSR count). The molecular weight excluding hydrogens is 349 g/mol. The van der Waals surface area contributed by atoms with E-state index in [0.717, 1.165) is 31.4 Å². The Hall–Kier alpha value is -0.780. The van der Waals surface area contributed by atoms with E-state index >= 15 is 0 Å². The van der Waals surface area contributed by atoms with Crippen molar-refractivity contribution in [1.82, 2.24) is 10.6 Å². The molecule has 1 aliphatic carbocycles. The molecule has 0 spiro atoms. The second-order valence-corrected chi connectivity index (χ2v) is 5.06. The van der Waals surface area contributed by atoms with Gasteiger partial charge in [-0.3, -0.25) is 4.99 Å². The molecule has 1 fully saturated rings. The third kappa shape index (κ3) is 6.27. The maximum absolute atomic E-state index is 4.23. The van der Waals surface area contributed by atoms with Crippen LogP contribution in [0.5, 0.6) is 0 Å². The number of aryl methyl sites for hydroxylation is 1. The first kappa shape index (κ1) is 16.3. The number of rotatable bonds is 5. The van der Waals surface area contributed by atoms with Crippen molar-refractivity contribution in [2.75, 3.05) is 20.1 Å². The van der Waals surface area contributed by atoms with E-state index in [-0.39, 0.29) is 24.0 Å². The van der Waals surface area contributed by atoms with Crippen LogP contribution in [-0.2, 0) is 6.42 Å². The molecule has 1 aromatic carbocycles. The van der Waals surface area contributed by atoms with Gasteiger partial charge in [-0.1, -0.05) is 29.8 Å². The highest BCUT2D eigenvalue weighted by molar-refractivity contribution is 14.0. The summed E-state index contributed by atoms with van der Waals surface area (Å²) < 4.78 is 0. The molecule has 1 aliphatic rings. The number of benzene rings is 1. The zero-order valence-corrected chi connectivity index (χ0v) is 14.1. The Bertz CT molecular complexity index is 396. The first-order valence-electron chi connectivity index (χ1n) is 6.78. The van der Waals surface area contributed by atoms with Gasteiger partial charge in [-0.2, -0.15) is 0 Å². The molecule has 4 heteroatoms. The van der Waals surface area contributed by atoms with Gasteiger partial charge in [0.1, 0.15) is 0 Å². The third-order valence-electron chi connectivity index (χ3n) is 3.31. The molecule has 19 heavy (non-hydrogen) atoms. The van der Waals surface area contributed by atoms with Gasteiger partial charge in [-0.25, -0.2) is 0 Å². The van der Waals surface area contributed by atoms with Crippen LogP contribution in [0.25, 0.3) is 0 Å². The summed E-state index contributed by atoms with van der Waals surface area (Å²) in [6, 6.07) is 8.71. The van der Waals surface area contributed by atoms with E-state index in [1.807, 2.05) is 7.05 Å². The molecule has 1 saturated carbocycles. The number of guanidine groups is 1. The minimum Gasteiger partial charge on any atom is -0.356 e. The van der Waals surface area contributed by atoms with Gasteiger partial charge in [-0.05, 0) is 37.7 Å². The summed E-state index contributed by atoms with van der Waals surface area (Å²) in [6.07, 6.45) is 3.77. The Balaban J connectivity index is 0.00000180. The number of halogens is 1. The maximum atomic E-state index is 4.23. The Morgan fingerprint density at radius 2 is 1.89 bits per heavy atom. The van der Waals surface area contributed by atoms with Crippen LogP contribution in [-0.4, -0.2) is 26.1 Å². The normalized spacial score (nSPS) is 14.7. The molecule has 0 atom stereocenters. The lowest BCUT2D eigenvalue weighted by molar-refractivity contribution is 0.734. The van der Waals surface area contributed by atoms with E-state index in [0.29, 0.717) is 0 Å². The van der Waals surface area contributed by atoms with E-state index in [9.17, 15) is 0 Å². The van der Waals surface area contributed by atoms with Crippen molar-refractivity contribution in [2.45, 2.75) is 26.2 Å². The number of nitrogens with zero attached hydrogens (tertiary/aromatic N) is 1. The van der Waals surface area contributed by atoms with Crippen LogP contribution >= 0.6 is 24.0 Å². The summed E-state index contributed by atoms with van der Waals surface area (Å²) in [4.78, 5) is 4.23. The molecule has 0 bridgehead atoms. The van der Waals surface area contributed by atoms with Gasteiger partial charge >= 0.3 is 0 Å². The highest BCUT2D eigenvalue weighted by Crippen LogP contribution is 2.27. The van der Waals surface area contributed by atoms with Crippen molar-refractivity contribution in [3.05, 3.63) is 35.4 Å². The lowest BCUT2D eigenvalue weighted by Gasteiger charge is -2.11. The number of nitrogens with one attached hydrogen (secondary N) is 2. The zero-order valence-electron chi connectivity index (χ0n) is 11.8. The maximum Gasteiger partial charge on any atom is 0.190 e. The van der Waals surface area contributed by atoms with Gasteiger partial charge in [0.25, 0.3) is 0 Å². The second kappa shape index (κ2) is 8.40. The summed E-state index contributed by atoms with van der Waals surface area (Å²) in [6.45, 7) is 4.10. The van der Waals surface area contributed by atoms with Crippen molar-refractivity contribution >= 4 is 29.9 Å². The molecule has 1 aromatic rings. The van der Waals surface area contributed by atoms with Crippen LogP contribution in [0.3, 0.4) is 0 Å². The number of aliphatic imine (C=N–C) groups is 1. The highest BCUT2D eigenvalue weighted by atomic mass is 127. The van der Waals surface area contributed by atoms with Crippen LogP contribution in [0.1, 0.15) is 24.0 Å². The third-order valence-corrected chi connectivity index (χ3v) is 3.31. The quantitative estimate of drug-likeness (QED) is 0.473. The molecule has 0 aromatic heterocycles. The van der Waals surface area contributed by atoms with Crippen molar-refractivity contribution in [3.63, 3.8) is 0 Å². The van der Waals surface area contributed by atoms with Gasteiger partial charge in [0, 0.05) is 20.1 Å². The smallest absolute Gasteiger partial charge is 0.190 e. The van der Waals surface area contributed by atoms with E-state index < -0.39 is 0 Å². The zero-order chi connectivity index (χ0) is 12.8. The predicted molar refractivity (Wildman–Crippen MR) is 92.4 cm³/mol. The molecule has 0 aliphatic heterocycles. The molecule has 0 unspecified atom stereocenters.